The van der Waals surface area contributed by atoms with Gasteiger partial charge in [-0.3, -0.25) is 4.79 Å². The van der Waals surface area contributed by atoms with Crippen LogP contribution in [-0.4, -0.2) is 28.9 Å². The Morgan fingerprint density at radius 3 is 2.70 bits per heavy atom. The zero-order chi connectivity index (χ0) is 16.7. The van der Waals surface area contributed by atoms with Crippen molar-refractivity contribution in [2.75, 3.05) is 6.54 Å². The molecular weight excluding hydrogens is 306 g/mol. The number of hydrogen-bond donors (Lipinski definition) is 2. The van der Waals surface area contributed by atoms with Crippen molar-refractivity contribution in [2.45, 2.75) is 56.6 Å². The standard InChI is InChI=1S/C19H29NO2S/c1-14(2)18(23-13-15-7-4-3-5-8-15)19(22)20-12-16-9-6-10-17(21)11-16/h3-5,7-8,14,16-18,21H,6,9-13H2,1-2H3,(H,20,22). The van der Waals surface area contributed by atoms with E-state index in [-0.39, 0.29) is 17.3 Å². The third-order valence-electron chi connectivity index (χ3n) is 4.46. The predicted molar refractivity (Wildman–Crippen MR) is 97.3 cm³/mol. The summed E-state index contributed by atoms with van der Waals surface area (Å²) in [6.45, 7) is 4.91. The lowest BCUT2D eigenvalue weighted by Gasteiger charge is -2.27. The Hall–Kier alpha value is -1.00. The van der Waals surface area contributed by atoms with Gasteiger partial charge < -0.3 is 10.4 Å². The third-order valence-corrected chi connectivity index (χ3v) is 6.07. The summed E-state index contributed by atoms with van der Waals surface area (Å²) in [6.07, 6.45) is 3.73. The van der Waals surface area contributed by atoms with E-state index in [9.17, 15) is 9.90 Å². The smallest absolute Gasteiger partial charge is 0.233 e. The SMILES string of the molecule is CC(C)C(SCc1ccccc1)C(=O)NCC1CCCC(O)C1. The normalized spacial score (nSPS) is 22.8. The van der Waals surface area contributed by atoms with Crippen LogP contribution in [0.2, 0.25) is 0 Å². The molecule has 1 saturated carbocycles. The second-order valence-electron chi connectivity index (χ2n) is 6.89. The Bertz CT molecular complexity index is 478. The molecule has 0 bridgehead atoms. The quantitative estimate of drug-likeness (QED) is 0.800. The van der Waals surface area contributed by atoms with E-state index in [2.05, 4.69) is 31.3 Å². The molecule has 128 valence electrons. The number of thioether (sulfide) groups is 1. The molecule has 0 saturated heterocycles. The van der Waals surface area contributed by atoms with Crippen LogP contribution in [0.3, 0.4) is 0 Å². The molecule has 3 atom stereocenters. The van der Waals surface area contributed by atoms with E-state index in [1.54, 1.807) is 11.8 Å². The molecule has 0 aromatic heterocycles. The highest BCUT2D eigenvalue weighted by Crippen LogP contribution is 2.26. The maximum absolute atomic E-state index is 12.5. The maximum Gasteiger partial charge on any atom is 0.233 e. The molecule has 2 rings (SSSR count). The summed E-state index contributed by atoms with van der Waals surface area (Å²) < 4.78 is 0. The first-order valence-corrected chi connectivity index (χ1v) is 9.72. The van der Waals surface area contributed by atoms with Gasteiger partial charge in [-0.25, -0.2) is 0 Å². The van der Waals surface area contributed by atoms with Crippen LogP contribution in [0.4, 0.5) is 0 Å². The lowest BCUT2D eigenvalue weighted by atomic mass is 9.87. The second-order valence-corrected chi connectivity index (χ2v) is 8.02. The predicted octanol–water partition coefficient (Wildman–Crippen LogP) is 3.61. The number of nitrogens with one attached hydrogen (secondary N) is 1. The van der Waals surface area contributed by atoms with Gasteiger partial charge in [0.15, 0.2) is 0 Å². The molecule has 3 unspecified atom stereocenters. The molecule has 1 aliphatic carbocycles. The van der Waals surface area contributed by atoms with Crippen molar-refractivity contribution < 1.29 is 9.90 Å². The van der Waals surface area contributed by atoms with Crippen molar-refractivity contribution in [3.63, 3.8) is 0 Å². The average molecular weight is 336 g/mol. The van der Waals surface area contributed by atoms with E-state index in [1.807, 2.05) is 18.2 Å². The Morgan fingerprint density at radius 2 is 2.04 bits per heavy atom. The molecule has 1 amide bonds. The van der Waals surface area contributed by atoms with Gasteiger partial charge in [0.1, 0.15) is 0 Å². The number of carbonyl (C=O) groups excluding carboxylic acids is 1. The van der Waals surface area contributed by atoms with Gasteiger partial charge >= 0.3 is 0 Å². The average Bonchev–Trinajstić information content (AvgIpc) is 2.54. The molecule has 1 aromatic carbocycles. The summed E-state index contributed by atoms with van der Waals surface area (Å²) in [5.74, 6) is 1.73. The van der Waals surface area contributed by atoms with Crippen molar-refractivity contribution in [2.24, 2.45) is 11.8 Å². The molecule has 23 heavy (non-hydrogen) atoms. The third kappa shape index (κ3) is 6.19. The largest absolute Gasteiger partial charge is 0.393 e. The molecule has 0 radical (unpaired) electrons. The fraction of sp³-hybridized carbons (Fsp3) is 0.632. The molecule has 4 heteroatoms. The number of aliphatic hydroxyl groups is 1. The number of hydrogen-bond acceptors (Lipinski definition) is 3. The van der Waals surface area contributed by atoms with Crippen molar-refractivity contribution in [3.8, 4) is 0 Å². The minimum Gasteiger partial charge on any atom is -0.393 e. The first-order valence-electron chi connectivity index (χ1n) is 8.67. The summed E-state index contributed by atoms with van der Waals surface area (Å²) >= 11 is 1.72. The lowest BCUT2D eigenvalue weighted by molar-refractivity contribution is -0.121. The van der Waals surface area contributed by atoms with Gasteiger partial charge in [0, 0.05) is 12.3 Å². The monoisotopic (exact) mass is 335 g/mol. The Balaban J connectivity index is 1.80. The van der Waals surface area contributed by atoms with Crippen LogP contribution >= 0.6 is 11.8 Å². The zero-order valence-electron chi connectivity index (χ0n) is 14.2. The summed E-state index contributed by atoms with van der Waals surface area (Å²) in [6, 6.07) is 10.3. The zero-order valence-corrected chi connectivity index (χ0v) is 15.0. The van der Waals surface area contributed by atoms with E-state index in [0.29, 0.717) is 18.4 Å². The highest BCUT2D eigenvalue weighted by atomic mass is 32.2. The van der Waals surface area contributed by atoms with Gasteiger partial charge in [-0.15, -0.1) is 11.8 Å². The summed E-state index contributed by atoms with van der Waals surface area (Å²) in [5, 5.41) is 12.8. The van der Waals surface area contributed by atoms with Crippen molar-refractivity contribution in [1.29, 1.82) is 0 Å². The van der Waals surface area contributed by atoms with Crippen LogP contribution < -0.4 is 5.32 Å². The fourth-order valence-electron chi connectivity index (χ4n) is 3.12. The first-order chi connectivity index (χ1) is 11.1. The molecule has 3 nitrogen and oxygen atoms in total. The minimum absolute atomic E-state index is 0.0243. The summed E-state index contributed by atoms with van der Waals surface area (Å²) in [4.78, 5) is 12.5. The molecule has 1 aliphatic rings. The first kappa shape index (κ1) is 18.3. The molecule has 0 spiro atoms. The molecular formula is C19H29NO2S. The summed E-state index contributed by atoms with van der Waals surface area (Å²) in [5.41, 5.74) is 1.26. The van der Waals surface area contributed by atoms with E-state index < -0.39 is 0 Å². The maximum atomic E-state index is 12.5. The second kappa shape index (κ2) is 9.33. The van der Waals surface area contributed by atoms with Crippen LogP contribution in [0.15, 0.2) is 30.3 Å². The number of benzene rings is 1. The van der Waals surface area contributed by atoms with Gasteiger partial charge in [-0.1, -0.05) is 50.6 Å². The van der Waals surface area contributed by atoms with Crippen LogP contribution in [0.1, 0.15) is 45.1 Å². The highest BCUT2D eigenvalue weighted by Gasteiger charge is 2.25. The van der Waals surface area contributed by atoms with E-state index in [4.69, 9.17) is 0 Å². The summed E-state index contributed by atoms with van der Waals surface area (Å²) in [7, 11) is 0. The van der Waals surface area contributed by atoms with Crippen LogP contribution in [0.25, 0.3) is 0 Å². The topological polar surface area (TPSA) is 49.3 Å². The fourth-order valence-corrected chi connectivity index (χ4v) is 4.31. The lowest BCUT2D eigenvalue weighted by Crippen LogP contribution is -2.39. The molecule has 0 aliphatic heterocycles. The van der Waals surface area contributed by atoms with E-state index in [0.717, 1.165) is 31.4 Å². The molecule has 1 aromatic rings. The highest BCUT2D eigenvalue weighted by molar-refractivity contribution is 7.99. The van der Waals surface area contributed by atoms with Crippen molar-refractivity contribution >= 4 is 17.7 Å². The van der Waals surface area contributed by atoms with Gasteiger partial charge in [-0.05, 0) is 36.7 Å². The Morgan fingerprint density at radius 1 is 1.30 bits per heavy atom. The number of amides is 1. The molecule has 0 heterocycles. The van der Waals surface area contributed by atoms with Crippen LogP contribution in [0.5, 0.6) is 0 Å². The Kier molecular flexibility index (Phi) is 7.44. The van der Waals surface area contributed by atoms with Gasteiger partial charge in [0.25, 0.3) is 0 Å². The van der Waals surface area contributed by atoms with E-state index >= 15 is 0 Å². The van der Waals surface area contributed by atoms with Crippen LogP contribution in [-0.2, 0) is 10.5 Å². The number of rotatable bonds is 7. The van der Waals surface area contributed by atoms with E-state index in [1.165, 1.54) is 5.56 Å². The minimum atomic E-state index is -0.181. The van der Waals surface area contributed by atoms with Gasteiger partial charge in [-0.2, -0.15) is 0 Å². The molecule has 1 fully saturated rings. The van der Waals surface area contributed by atoms with Crippen molar-refractivity contribution in [1.82, 2.24) is 5.32 Å². The number of carbonyl (C=O) groups is 1. The van der Waals surface area contributed by atoms with Crippen LogP contribution in [0, 0.1) is 11.8 Å². The van der Waals surface area contributed by atoms with Gasteiger partial charge in [0.2, 0.25) is 5.91 Å². The number of aliphatic hydroxyl groups excluding tert-OH is 1. The van der Waals surface area contributed by atoms with Gasteiger partial charge in [0.05, 0.1) is 11.4 Å². The Labute approximate surface area is 144 Å². The van der Waals surface area contributed by atoms with Crippen molar-refractivity contribution in [3.05, 3.63) is 35.9 Å². The molecule has 2 N–H and O–H groups in total.